The van der Waals surface area contributed by atoms with Gasteiger partial charge in [-0.15, -0.1) is 0 Å². The molecule has 5 aromatic rings. The number of hydrogen-bond acceptors (Lipinski definition) is 20. The molecule has 5 rings (SSSR count). The Bertz CT molecular complexity index is 4240. The monoisotopic (exact) mass is 1600 g/mol. The number of benzene rings is 5. The molecule has 0 spiro atoms. The summed E-state index contributed by atoms with van der Waals surface area (Å²) in [5.41, 5.74) is -11.2. The first-order valence-corrected chi connectivity index (χ1v) is 37.1. The SMILES string of the molecule is CCC(C)(C)OC(=O)N(/N=C(\C(C)=O)C(=O)N(C(=O)OC(C)(C)CC)c1cc(Cl)c(N(C(=O)OC(C)(C)CC)C(=O)/C(=N/N(C(=O)OC(C)(C)CC)c2cc(C(=O)N(C(=O)OC(C)(C)CC)c3cccc(C)c3C)ccc2Cl)C(C)=O)cc1C)c1cc(C(=O)N(C(=O)OC(C)(C)CC)c2cccc(Cl)c2C)ccc1Cl. The van der Waals surface area contributed by atoms with Gasteiger partial charge in [-0.3, -0.25) is 28.8 Å². The topological polar surface area (TPSA) is 304 Å². The molecule has 0 aliphatic carbocycles. The van der Waals surface area contributed by atoms with Gasteiger partial charge in [-0.05, 0) is 238 Å². The Balaban J connectivity index is 1.85. The fraction of sp³-hybridized carbons (Fsp3) is 0.450. The van der Waals surface area contributed by atoms with Crippen molar-refractivity contribution in [2.75, 3.05) is 29.6 Å². The number of hydrogen-bond donors (Lipinski definition) is 0. The number of carbonyl (C=O) groups is 12. The molecule has 0 aliphatic rings. The molecule has 30 heteroatoms. The summed E-state index contributed by atoms with van der Waals surface area (Å²) in [4.78, 5) is 181. The fourth-order valence-electron chi connectivity index (χ4n) is 9.37. The maximum absolute atomic E-state index is 15.8. The smallest absolute Gasteiger partial charge is 0.435 e. The van der Waals surface area contributed by atoms with Crippen LogP contribution in [0.25, 0.3) is 0 Å². The van der Waals surface area contributed by atoms with Crippen LogP contribution in [0.15, 0.2) is 95.1 Å². The molecule has 0 saturated carbocycles. The number of anilines is 6. The van der Waals surface area contributed by atoms with Crippen LogP contribution >= 0.6 is 46.4 Å². The highest BCUT2D eigenvalue weighted by Crippen LogP contribution is 2.40. The number of Topliss-reactive ketones (excluding diaryl/α,β-unsaturated/α-hetero) is 2. The van der Waals surface area contributed by atoms with Crippen LogP contribution in [0.4, 0.5) is 62.9 Å². The molecule has 594 valence electrons. The molecule has 5 aromatic carbocycles. The fourth-order valence-corrected chi connectivity index (χ4v) is 10.2. The number of carbonyl (C=O) groups excluding carboxylic acids is 12. The van der Waals surface area contributed by atoms with E-state index in [1.807, 2.05) is 0 Å². The normalized spacial score (nSPS) is 12.2. The van der Waals surface area contributed by atoms with Gasteiger partial charge in [0.25, 0.3) is 23.6 Å². The van der Waals surface area contributed by atoms with Crippen LogP contribution in [0.3, 0.4) is 0 Å². The highest BCUT2D eigenvalue weighted by molar-refractivity contribution is 6.70. The summed E-state index contributed by atoms with van der Waals surface area (Å²) in [5, 5.41) is 8.29. The lowest BCUT2D eigenvalue weighted by molar-refractivity contribution is -0.117. The molecule has 0 fully saturated rings. The van der Waals surface area contributed by atoms with Crippen LogP contribution in [-0.2, 0) is 47.6 Å². The lowest BCUT2D eigenvalue weighted by atomic mass is 10.1. The van der Waals surface area contributed by atoms with Crippen molar-refractivity contribution >= 4 is 164 Å². The largest absolute Gasteiger partial charge is 0.443 e. The summed E-state index contributed by atoms with van der Waals surface area (Å²) in [7, 11) is 0. The van der Waals surface area contributed by atoms with E-state index >= 15 is 24.0 Å². The number of rotatable bonds is 26. The van der Waals surface area contributed by atoms with Gasteiger partial charge in [0.15, 0.2) is 23.0 Å². The minimum Gasteiger partial charge on any atom is -0.443 e. The van der Waals surface area contributed by atoms with Crippen LogP contribution in [0, 0.1) is 27.7 Å². The number of amides is 10. The van der Waals surface area contributed by atoms with Gasteiger partial charge in [0.2, 0.25) is 0 Å². The van der Waals surface area contributed by atoms with Crippen molar-refractivity contribution < 1.29 is 86.0 Å². The zero-order chi connectivity index (χ0) is 83.6. The van der Waals surface area contributed by atoms with Gasteiger partial charge in [-0.1, -0.05) is 106 Å². The Morgan fingerprint density at radius 2 is 0.636 bits per heavy atom. The molecule has 0 bridgehead atoms. The molecule has 0 heterocycles. The first-order chi connectivity index (χ1) is 50.8. The number of nitrogens with zero attached hydrogens (tertiary/aromatic N) is 8. The third kappa shape index (κ3) is 22.3. The van der Waals surface area contributed by atoms with E-state index in [4.69, 9.17) is 74.8 Å². The summed E-state index contributed by atoms with van der Waals surface area (Å²) in [6.07, 6.45) is -6.61. The van der Waals surface area contributed by atoms with Crippen molar-refractivity contribution in [1.82, 2.24) is 0 Å². The van der Waals surface area contributed by atoms with E-state index in [2.05, 4.69) is 10.2 Å². The van der Waals surface area contributed by atoms with Gasteiger partial charge in [0, 0.05) is 30.0 Å². The summed E-state index contributed by atoms with van der Waals surface area (Å²) >= 11 is 27.6. The van der Waals surface area contributed by atoms with Crippen LogP contribution in [0.1, 0.15) is 220 Å². The molecule has 0 aliphatic heterocycles. The Morgan fingerprint density at radius 3 is 0.973 bits per heavy atom. The number of ketones is 2. The second-order valence-corrected chi connectivity index (χ2v) is 31.2. The maximum atomic E-state index is 15.8. The summed E-state index contributed by atoms with van der Waals surface area (Å²) < 4.78 is 35.4. The predicted octanol–water partition coefficient (Wildman–Crippen LogP) is 20.3. The molecule has 110 heavy (non-hydrogen) atoms. The second kappa shape index (κ2) is 36.4. The zero-order valence-corrected chi connectivity index (χ0v) is 69.8. The van der Waals surface area contributed by atoms with Crippen LogP contribution in [0.2, 0.25) is 20.1 Å². The Kier molecular flexibility index (Phi) is 30.1. The third-order valence-corrected chi connectivity index (χ3v) is 19.9. The van der Waals surface area contributed by atoms with Crippen molar-refractivity contribution in [2.45, 2.75) is 238 Å². The van der Waals surface area contributed by atoms with Gasteiger partial charge in [0.05, 0.1) is 49.2 Å². The number of ether oxygens (including phenoxy) is 6. The van der Waals surface area contributed by atoms with E-state index in [0.717, 1.165) is 47.9 Å². The zero-order valence-electron chi connectivity index (χ0n) is 66.8. The molecule has 0 saturated heterocycles. The summed E-state index contributed by atoms with van der Waals surface area (Å²) in [6.45, 7) is 37.1. The first-order valence-electron chi connectivity index (χ1n) is 35.6. The van der Waals surface area contributed by atoms with Crippen LogP contribution < -0.4 is 29.6 Å². The molecular weight excluding hydrogens is 1500 g/mol. The minimum atomic E-state index is -1.62. The minimum absolute atomic E-state index is 0.0180. The van der Waals surface area contributed by atoms with Gasteiger partial charge in [0.1, 0.15) is 33.6 Å². The van der Waals surface area contributed by atoms with Gasteiger partial charge >= 0.3 is 36.6 Å². The van der Waals surface area contributed by atoms with Crippen molar-refractivity contribution in [3.63, 3.8) is 0 Å². The van der Waals surface area contributed by atoms with E-state index in [0.29, 0.717) is 49.3 Å². The van der Waals surface area contributed by atoms with E-state index in [-0.39, 0.29) is 68.8 Å². The van der Waals surface area contributed by atoms with Gasteiger partial charge < -0.3 is 28.4 Å². The number of imide groups is 4. The summed E-state index contributed by atoms with van der Waals surface area (Å²) in [6, 6.07) is 18.3. The lowest BCUT2D eigenvalue weighted by Gasteiger charge is -2.31. The molecule has 0 radical (unpaired) electrons. The van der Waals surface area contributed by atoms with E-state index < -0.39 is 145 Å². The van der Waals surface area contributed by atoms with E-state index in [9.17, 15) is 33.6 Å². The number of aryl methyl sites for hydroxylation is 2. The van der Waals surface area contributed by atoms with Crippen LogP contribution in [0.5, 0.6) is 0 Å². The van der Waals surface area contributed by atoms with Crippen LogP contribution in [-0.4, -0.2) is 117 Å². The predicted molar refractivity (Wildman–Crippen MR) is 426 cm³/mol. The quantitative estimate of drug-likeness (QED) is 0.0215. The number of halogens is 4. The summed E-state index contributed by atoms with van der Waals surface area (Å²) in [5.74, 6) is -7.67. The van der Waals surface area contributed by atoms with Crippen molar-refractivity contribution in [2.24, 2.45) is 10.2 Å². The maximum Gasteiger partial charge on any atom is 0.435 e. The highest BCUT2D eigenvalue weighted by Gasteiger charge is 2.43. The highest BCUT2D eigenvalue weighted by atomic mass is 35.5. The average molecular weight is 1600 g/mol. The molecule has 26 nitrogen and oxygen atoms in total. The van der Waals surface area contributed by atoms with Gasteiger partial charge in [-0.25, -0.2) is 48.4 Å². The molecular formula is C80H98Cl4N8O18. The van der Waals surface area contributed by atoms with Gasteiger partial charge in [-0.2, -0.15) is 20.2 Å². The average Bonchev–Trinajstić information content (AvgIpc) is 0.769. The molecule has 0 atom stereocenters. The molecule has 0 unspecified atom stereocenters. The molecule has 10 amide bonds. The lowest BCUT2D eigenvalue weighted by Crippen LogP contribution is -2.48. The first kappa shape index (κ1) is 90.9. The third-order valence-electron chi connectivity index (χ3n) is 18.5. The van der Waals surface area contributed by atoms with E-state index in [1.54, 1.807) is 122 Å². The van der Waals surface area contributed by atoms with Crippen molar-refractivity contribution in [3.05, 3.63) is 138 Å². The Hall–Kier alpha value is -9.76. The van der Waals surface area contributed by atoms with Crippen molar-refractivity contribution in [3.8, 4) is 0 Å². The Labute approximate surface area is 662 Å². The Morgan fingerprint density at radius 1 is 0.327 bits per heavy atom. The molecule has 0 N–H and O–H groups in total. The standard InChI is InChI=1S/C80H98Cl4N8O18/c1-25-75(13,14)105-69(99)87(57-35-31-33-45(7)47(57)9)65(95)51-37-39-54(82)61(42-51)92(74(104)110-80(23,24)30-6)86-64(50(12)94)68(98)90(72(102)108-78(19,20)28-4)60-41-46(8)59(44-56(60)84)89(71(101)107-77(17,18)27-3)67(97)63(49(11)93)85-91(73(103)109-79(21,22)29-5)62-43-52(38-40-55(62)83)66(96)88(70(100)106-76(15,16)26-2)58-36-32-34-53(81)48(58)10/h31-44H,25-30H2,1-24H3/b85-63+,86-64+. The second-order valence-electron chi connectivity index (χ2n) is 29.6. The molecule has 0 aromatic heterocycles. The van der Waals surface area contributed by atoms with Crippen molar-refractivity contribution in [1.29, 1.82) is 0 Å². The number of hydrazone groups is 2. The van der Waals surface area contributed by atoms with E-state index in [1.165, 1.54) is 90.9 Å².